The summed E-state index contributed by atoms with van der Waals surface area (Å²) in [4.78, 5) is 24.9. The van der Waals surface area contributed by atoms with Crippen molar-refractivity contribution in [3.05, 3.63) is 107 Å². The largest absolute Gasteiger partial charge is 0.387 e. The van der Waals surface area contributed by atoms with Crippen molar-refractivity contribution in [2.75, 3.05) is 11.9 Å². The highest BCUT2D eigenvalue weighted by atomic mass is 35.5. The summed E-state index contributed by atoms with van der Waals surface area (Å²) in [6.45, 7) is 2.31. The summed E-state index contributed by atoms with van der Waals surface area (Å²) in [6, 6.07) is 23.3. The number of hydrogen-bond donors (Lipinski definition) is 3. The molecule has 0 heterocycles. The first kappa shape index (κ1) is 24.4. The van der Waals surface area contributed by atoms with Gasteiger partial charge in [0.05, 0.1) is 6.10 Å². The average molecular weight is 463 g/mol. The van der Waals surface area contributed by atoms with Gasteiger partial charge in [0.1, 0.15) is 0 Å². The van der Waals surface area contributed by atoms with Gasteiger partial charge < -0.3 is 15.7 Å². The predicted octanol–water partition coefficient (Wildman–Crippen LogP) is 5.28. The lowest BCUT2D eigenvalue weighted by atomic mass is 10.0. The van der Waals surface area contributed by atoms with E-state index >= 15 is 0 Å². The Kier molecular flexibility index (Phi) is 8.95. The van der Waals surface area contributed by atoms with E-state index < -0.39 is 6.10 Å². The van der Waals surface area contributed by atoms with Crippen LogP contribution in [0.15, 0.2) is 84.9 Å². The second-order valence-corrected chi connectivity index (χ2v) is 8.10. The van der Waals surface area contributed by atoms with Crippen molar-refractivity contribution in [1.29, 1.82) is 0 Å². The van der Waals surface area contributed by atoms with Crippen molar-refractivity contribution in [1.82, 2.24) is 5.32 Å². The van der Waals surface area contributed by atoms with Crippen LogP contribution in [0.1, 0.15) is 40.9 Å². The van der Waals surface area contributed by atoms with Gasteiger partial charge in [0, 0.05) is 41.4 Å². The molecule has 0 saturated heterocycles. The average Bonchev–Trinajstić information content (AvgIpc) is 2.83. The molecule has 0 aliphatic carbocycles. The van der Waals surface area contributed by atoms with Crippen LogP contribution in [0.2, 0.25) is 5.02 Å². The number of carbonyl (C=O) groups is 2. The van der Waals surface area contributed by atoms with E-state index in [0.717, 1.165) is 11.1 Å². The van der Waals surface area contributed by atoms with Crippen LogP contribution in [0.5, 0.6) is 0 Å². The number of Topliss-reactive ketones (excluding diaryl/α,β-unsaturated/α-hetero) is 1. The fraction of sp³-hybridized carbons (Fsp3) is 0.185. The van der Waals surface area contributed by atoms with Crippen LogP contribution in [0.3, 0.4) is 0 Å². The van der Waals surface area contributed by atoms with Crippen LogP contribution in [0.25, 0.3) is 6.08 Å². The van der Waals surface area contributed by atoms with E-state index in [0.29, 0.717) is 22.8 Å². The maximum Gasteiger partial charge on any atom is 0.248 e. The van der Waals surface area contributed by atoms with E-state index in [4.69, 9.17) is 11.6 Å². The summed E-state index contributed by atoms with van der Waals surface area (Å²) in [5, 5.41) is 17.0. The number of halogens is 1. The number of benzene rings is 3. The molecular formula is C27H27ClN2O3. The molecule has 3 rings (SSSR count). The Morgan fingerprint density at radius 1 is 1.00 bits per heavy atom. The lowest BCUT2D eigenvalue weighted by Gasteiger charge is -2.20. The molecule has 0 aromatic heterocycles. The monoisotopic (exact) mass is 462 g/mol. The zero-order valence-corrected chi connectivity index (χ0v) is 19.1. The summed E-state index contributed by atoms with van der Waals surface area (Å²) in [6.07, 6.45) is 2.66. The second-order valence-electron chi connectivity index (χ2n) is 7.70. The topological polar surface area (TPSA) is 78.4 Å². The first-order valence-corrected chi connectivity index (χ1v) is 11.1. The maximum atomic E-state index is 12.6. The number of amides is 1. The lowest BCUT2D eigenvalue weighted by molar-refractivity contribution is -0.111. The molecule has 3 aromatic carbocycles. The van der Waals surface area contributed by atoms with Crippen molar-refractivity contribution in [3.63, 3.8) is 0 Å². The van der Waals surface area contributed by atoms with Gasteiger partial charge in [0.15, 0.2) is 5.78 Å². The van der Waals surface area contributed by atoms with E-state index in [1.54, 1.807) is 36.4 Å². The summed E-state index contributed by atoms with van der Waals surface area (Å²) in [7, 11) is 0. The van der Waals surface area contributed by atoms with E-state index in [2.05, 4.69) is 10.6 Å². The van der Waals surface area contributed by atoms with Crippen molar-refractivity contribution in [2.45, 2.75) is 25.5 Å². The SMILES string of the molecule is CC(NCCC(=O)c1cccc(NC(=O)/C=C/c2ccccc2Cl)c1)C(O)c1ccccc1. The molecule has 0 aliphatic heterocycles. The van der Waals surface area contributed by atoms with Crippen LogP contribution >= 0.6 is 11.6 Å². The van der Waals surface area contributed by atoms with Gasteiger partial charge in [-0.3, -0.25) is 9.59 Å². The van der Waals surface area contributed by atoms with Gasteiger partial charge in [-0.25, -0.2) is 0 Å². The molecule has 0 fully saturated rings. The quantitative estimate of drug-likeness (QED) is 0.283. The number of ketones is 1. The van der Waals surface area contributed by atoms with Gasteiger partial charge >= 0.3 is 0 Å². The van der Waals surface area contributed by atoms with Crippen LogP contribution in [-0.2, 0) is 4.79 Å². The summed E-state index contributed by atoms with van der Waals surface area (Å²) >= 11 is 6.09. The van der Waals surface area contributed by atoms with E-state index in [-0.39, 0.29) is 24.2 Å². The van der Waals surface area contributed by atoms with Crippen LogP contribution in [0.4, 0.5) is 5.69 Å². The van der Waals surface area contributed by atoms with Crippen LogP contribution < -0.4 is 10.6 Å². The van der Waals surface area contributed by atoms with Gasteiger partial charge in [-0.15, -0.1) is 0 Å². The zero-order chi connectivity index (χ0) is 23.6. The standard InChI is InChI=1S/C27H27ClN2O3/c1-19(27(33)21-9-3-2-4-10-21)29-17-16-25(31)22-11-7-12-23(18-22)30-26(32)15-14-20-8-5-6-13-24(20)28/h2-15,18-19,27,29,33H,16-17H2,1H3,(H,30,32)/b15-14+. The minimum atomic E-state index is -0.654. The van der Waals surface area contributed by atoms with Crippen LogP contribution in [-0.4, -0.2) is 29.4 Å². The fourth-order valence-corrected chi connectivity index (χ4v) is 3.54. The van der Waals surface area contributed by atoms with Gasteiger partial charge in [0.2, 0.25) is 5.91 Å². The molecule has 2 atom stereocenters. The number of carbonyl (C=O) groups excluding carboxylic acids is 2. The Balaban J connectivity index is 1.50. The summed E-state index contributed by atoms with van der Waals surface area (Å²) in [5.74, 6) is -0.364. The minimum absolute atomic E-state index is 0.0494. The molecular weight excluding hydrogens is 436 g/mol. The van der Waals surface area contributed by atoms with E-state index in [1.807, 2.05) is 55.5 Å². The maximum absolute atomic E-state index is 12.6. The molecule has 0 radical (unpaired) electrons. The van der Waals surface area contributed by atoms with Gasteiger partial charge in [-0.2, -0.15) is 0 Å². The van der Waals surface area contributed by atoms with E-state index in [1.165, 1.54) is 6.08 Å². The third-order valence-electron chi connectivity index (χ3n) is 5.20. The Morgan fingerprint density at radius 2 is 1.73 bits per heavy atom. The Labute approximate surface area is 199 Å². The molecule has 0 bridgehead atoms. The van der Waals surface area contributed by atoms with Crippen LogP contribution in [0, 0.1) is 0 Å². The number of aliphatic hydroxyl groups is 1. The molecule has 1 amide bonds. The fourth-order valence-electron chi connectivity index (χ4n) is 3.34. The number of hydrogen-bond acceptors (Lipinski definition) is 4. The molecule has 3 N–H and O–H groups in total. The van der Waals surface area contributed by atoms with Crippen molar-refractivity contribution in [3.8, 4) is 0 Å². The number of rotatable bonds is 10. The first-order chi connectivity index (χ1) is 15.9. The Morgan fingerprint density at radius 3 is 2.48 bits per heavy atom. The predicted molar refractivity (Wildman–Crippen MR) is 133 cm³/mol. The molecule has 3 aromatic rings. The lowest BCUT2D eigenvalue weighted by Crippen LogP contribution is -2.33. The number of anilines is 1. The van der Waals surface area contributed by atoms with E-state index in [9.17, 15) is 14.7 Å². The molecule has 6 heteroatoms. The molecule has 0 aliphatic rings. The molecule has 5 nitrogen and oxygen atoms in total. The normalized spacial score (nSPS) is 12.9. The van der Waals surface area contributed by atoms with Gasteiger partial charge in [0.25, 0.3) is 0 Å². The van der Waals surface area contributed by atoms with Crippen molar-refractivity contribution >= 4 is 35.1 Å². The number of nitrogens with one attached hydrogen (secondary N) is 2. The molecule has 0 saturated carbocycles. The zero-order valence-electron chi connectivity index (χ0n) is 18.4. The number of aliphatic hydroxyl groups excluding tert-OH is 1. The third-order valence-corrected chi connectivity index (χ3v) is 5.55. The highest BCUT2D eigenvalue weighted by Crippen LogP contribution is 2.18. The minimum Gasteiger partial charge on any atom is -0.387 e. The Hall–Kier alpha value is -3.25. The van der Waals surface area contributed by atoms with Gasteiger partial charge in [-0.05, 0) is 42.3 Å². The summed E-state index contributed by atoms with van der Waals surface area (Å²) in [5.41, 5.74) is 2.63. The first-order valence-electron chi connectivity index (χ1n) is 10.8. The smallest absolute Gasteiger partial charge is 0.248 e. The second kappa shape index (κ2) is 12.1. The van der Waals surface area contributed by atoms with Crippen molar-refractivity contribution in [2.24, 2.45) is 0 Å². The van der Waals surface area contributed by atoms with Gasteiger partial charge in [-0.1, -0.05) is 72.3 Å². The highest BCUT2D eigenvalue weighted by molar-refractivity contribution is 6.32. The Bertz CT molecular complexity index is 1120. The molecule has 33 heavy (non-hydrogen) atoms. The molecule has 0 spiro atoms. The highest BCUT2D eigenvalue weighted by Gasteiger charge is 2.16. The molecule has 2 unspecified atom stereocenters. The molecule has 170 valence electrons. The van der Waals surface area contributed by atoms with Crippen molar-refractivity contribution < 1.29 is 14.7 Å². The third kappa shape index (κ3) is 7.39. The summed E-state index contributed by atoms with van der Waals surface area (Å²) < 4.78 is 0.